The molecular weight excluding hydrogens is 368 g/mol. The second-order valence-corrected chi connectivity index (χ2v) is 6.78. The zero-order chi connectivity index (χ0) is 20.0. The van der Waals surface area contributed by atoms with Crippen molar-refractivity contribution >= 4 is 21.8 Å². The Morgan fingerprint density at radius 3 is 2.54 bits per heavy atom. The van der Waals surface area contributed by atoms with Crippen LogP contribution in [-0.4, -0.2) is 74.8 Å². The summed E-state index contributed by atoms with van der Waals surface area (Å²) >= 11 is 0. The minimum Gasteiger partial charge on any atom is -0.493 e. The molecule has 1 fully saturated rings. The number of ether oxygens (including phenoxy) is 3. The normalized spacial score (nSPS) is 28.0. The average Bonchev–Trinajstić information content (AvgIpc) is 3.09. The van der Waals surface area contributed by atoms with Gasteiger partial charge >= 0.3 is 0 Å². The molecule has 1 aliphatic rings. The molecule has 5 N–H and O–H groups in total. The van der Waals surface area contributed by atoms with Crippen molar-refractivity contribution in [2.75, 3.05) is 13.7 Å². The minimum atomic E-state index is -1.53. The van der Waals surface area contributed by atoms with Crippen LogP contribution in [0.15, 0.2) is 24.4 Å². The maximum atomic E-state index is 10.3. The first-order chi connectivity index (χ1) is 13.5. The van der Waals surface area contributed by atoms with E-state index < -0.39 is 37.3 Å². The molecule has 0 spiro atoms. The predicted molar refractivity (Wildman–Crippen MR) is 99.3 cm³/mol. The summed E-state index contributed by atoms with van der Waals surface area (Å²) < 4.78 is 16.8. The van der Waals surface area contributed by atoms with Crippen LogP contribution in [0.25, 0.3) is 21.8 Å². The van der Waals surface area contributed by atoms with Crippen molar-refractivity contribution in [3.63, 3.8) is 0 Å². The highest BCUT2D eigenvalue weighted by molar-refractivity contribution is 6.10. The number of rotatable bonds is 4. The van der Waals surface area contributed by atoms with E-state index in [9.17, 15) is 20.4 Å². The van der Waals surface area contributed by atoms with Gasteiger partial charge in [0, 0.05) is 17.0 Å². The Morgan fingerprint density at radius 1 is 1.07 bits per heavy atom. The number of aromatic nitrogens is 2. The highest BCUT2D eigenvalue weighted by atomic mass is 16.7. The summed E-state index contributed by atoms with van der Waals surface area (Å²) in [6.45, 7) is 1.34. The van der Waals surface area contributed by atoms with E-state index in [4.69, 9.17) is 14.2 Å². The third-order valence-electron chi connectivity index (χ3n) is 5.10. The molecule has 1 aromatic carbocycles. The number of fused-ring (bicyclic) bond motifs is 3. The van der Waals surface area contributed by atoms with Crippen LogP contribution >= 0.6 is 0 Å². The van der Waals surface area contributed by atoms with Crippen LogP contribution in [-0.2, 0) is 4.74 Å². The number of aryl methyl sites for hydroxylation is 1. The van der Waals surface area contributed by atoms with Gasteiger partial charge in [-0.05, 0) is 25.1 Å². The number of pyridine rings is 1. The molecule has 0 bridgehead atoms. The molecule has 1 saturated heterocycles. The van der Waals surface area contributed by atoms with E-state index in [1.807, 2.05) is 19.1 Å². The molecular formula is C19H22N2O7. The van der Waals surface area contributed by atoms with Gasteiger partial charge in [0.2, 0.25) is 6.29 Å². The van der Waals surface area contributed by atoms with Crippen molar-refractivity contribution in [2.45, 2.75) is 37.6 Å². The van der Waals surface area contributed by atoms with E-state index in [-0.39, 0.29) is 5.75 Å². The van der Waals surface area contributed by atoms with Crippen LogP contribution in [0.2, 0.25) is 0 Å². The molecule has 4 rings (SSSR count). The van der Waals surface area contributed by atoms with Gasteiger partial charge in [0.25, 0.3) is 0 Å². The van der Waals surface area contributed by atoms with E-state index in [2.05, 4.69) is 9.97 Å². The van der Waals surface area contributed by atoms with Crippen molar-refractivity contribution in [3.05, 3.63) is 30.1 Å². The van der Waals surface area contributed by atoms with E-state index >= 15 is 0 Å². The number of aliphatic hydroxyl groups excluding tert-OH is 4. The first-order valence-electron chi connectivity index (χ1n) is 8.87. The summed E-state index contributed by atoms with van der Waals surface area (Å²) in [4.78, 5) is 7.56. The number of hydrogen-bond acceptors (Lipinski definition) is 8. The first-order valence-corrected chi connectivity index (χ1v) is 8.87. The highest BCUT2D eigenvalue weighted by Crippen LogP contribution is 2.40. The molecule has 3 heterocycles. The molecule has 5 atom stereocenters. The predicted octanol–water partition coefficient (Wildman–Crippen LogP) is 0.212. The average molecular weight is 390 g/mol. The fourth-order valence-electron chi connectivity index (χ4n) is 3.54. The van der Waals surface area contributed by atoms with Crippen LogP contribution < -0.4 is 9.47 Å². The second kappa shape index (κ2) is 7.19. The minimum absolute atomic E-state index is 0.278. The summed E-state index contributed by atoms with van der Waals surface area (Å²) in [5, 5.41) is 41.5. The van der Waals surface area contributed by atoms with Crippen LogP contribution in [0.4, 0.5) is 0 Å². The lowest BCUT2D eigenvalue weighted by Crippen LogP contribution is -2.60. The number of hydrogen-bond donors (Lipinski definition) is 5. The molecule has 28 heavy (non-hydrogen) atoms. The highest BCUT2D eigenvalue weighted by Gasteiger charge is 2.45. The van der Waals surface area contributed by atoms with Gasteiger partial charge < -0.3 is 39.6 Å². The maximum absolute atomic E-state index is 10.3. The molecule has 3 aromatic rings. The maximum Gasteiger partial charge on any atom is 0.229 e. The number of benzene rings is 1. The van der Waals surface area contributed by atoms with Crippen molar-refractivity contribution in [1.82, 2.24) is 9.97 Å². The summed E-state index contributed by atoms with van der Waals surface area (Å²) in [6, 6.07) is 5.49. The van der Waals surface area contributed by atoms with Crippen LogP contribution in [0.3, 0.4) is 0 Å². The molecule has 9 nitrogen and oxygen atoms in total. The summed E-state index contributed by atoms with van der Waals surface area (Å²) in [5.41, 5.74) is 2.26. The van der Waals surface area contributed by atoms with E-state index in [0.29, 0.717) is 11.3 Å². The zero-order valence-corrected chi connectivity index (χ0v) is 15.4. The van der Waals surface area contributed by atoms with Gasteiger partial charge in [-0.25, -0.2) is 0 Å². The molecule has 1 aliphatic heterocycles. The van der Waals surface area contributed by atoms with Gasteiger partial charge in [-0.2, -0.15) is 0 Å². The van der Waals surface area contributed by atoms with Crippen LogP contribution in [0.5, 0.6) is 11.5 Å². The topological polar surface area (TPSA) is 137 Å². The Kier molecular flexibility index (Phi) is 4.86. The fourth-order valence-corrected chi connectivity index (χ4v) is 3.54. The smallest absolute Gasteiger partial charge is 0.229 e. The van der Waals surface area contributed by atoms with Gasteiger partial charge in [-0.3, -0.25) is 4.98 Å². The summed E-state index contributed by atoms with van der Waals surface area (Å²) in [6.07, 6.45) is -5.18. The number of aliphatic hydroxyl groups is 4. The molecule has 0 aliphatic carbocycles. The monoisotopic (exact) mass is 390 g/mol. The van der Waals surface area contributed by atoms with E-state index in [1.54, 1.807) is 12.3 Å². The van der Waals surface area contributed by atoms with Crippen LogP contribution in [0, 0.1) is 6.92 Å². The Balaban J connectivity index is 1.81. The lowest BCUT2D eigenvalue weighted by atomic mass is 9.99. The number of nitrogens with one attached hydrogen (secondary N) is 1. The largest absolute Gasteiger partial charge is 0.493 e. The zero-order valence-electron chi connectivity index (χ0n) is 15.4. The Bertz CT molecular complexity index is 1000. The van der Waals surface area contributed by atoms with E-state index in [0.717, 1.165) is 22.0 Å². The number of methoxy groups -OCH3 is 1. The molecule has 9 heteroatoms. The molecule has 2 aromatic heterocycles. The summed E-state index contributed by atoms with van der Waals surface area (Å²) in [7, 11) is 1.48. The third kappa shape index (κ3) is 2.88. The molecule has 0 amide bonds. The Labute approximate surface area is 160 Å². The van der Waals surface area contributed by atoms with Gasteiger partial charge in [-0.15, -0.1) is 0 Å². The third-order valence-corrected chi connectivity index (χ3v) is 5.10. The summed E-state index contributed by atoms with van der Waals surface area (Å²) in [5.74, 6) is 0.668. The van der Waals surface area contributed by atoms with Gasteiger partial charge in [0.15, 0.2) is 11.5 Å². The lowest BCUT2D eigenvalue weighted by Gasteiger charge is -2.39. The molecule has 0 saturated carbocycles. The van der Waals surface area contributed by atoms with E-state index in [1.165, 1.54) is 7.11 Å². The van der Waals surface area contributed by atoms with Crippen LogP contribution in [0.1, 0.15) is 5.69 Å². The standard InChI is InChI=1S/C19H22N2O7/c1-8-13-10(5-6-20-8)9-3-4-11(26-2)18(14(9)21-13)28-19-17(25)16(24)15(23)12(7-22)27-19/h3-6,12,15-17,19,21-25H,7H2,1-2H3/t12-,15-,16+,17-,19+/m0/s1. The first kappa shape index (κ1) is 18.9. The lowest BCUT2D eigenvalue weighted by molar-refractivity contribution is -0.277. The van der Waals surface area contributed by atoms with Gasteiger partial charge in [0.1, 0.15) is 24.4 Å². The fraction of sp³-hybridized carbons (Fsp3) is 0.421. The number of H-pyrrole nitrogens is 1. The SMILES string of the molecule is COc1ccc2c([nH]c3c(C)nccc32)c1O[C@H]1O[C@@H](CO)[C@H](O)[C@@H](O)[C@@H]1O. The van der Waals surface area contributed by atoms with Gasteiger partial charge in [0.05, 0.1) is 30.4 Å². The Hall–Kier alpha value is -2.43. The Morgan fingerprint density at radius 2 is 1.82 bits per heavy atom. The molecule has 150 valence electrons. The van der Waals surface area contributed by atoms with Crippen molar-refractivity contribution in [3.8, 4) is 11.5 Å². The second-order valence-electron chi connectivity index (χ2n) is 6.78. The molecule has 0 unspecified atom stereocenters. The number of nitrogens with zero attached hydrogens (tertiary/aromatic N) is 1. The van der Waals surface area contributed by atoms with Crippen molar-refractivity contribution in [1.29, 1.82) is 0 Å². The quantitative estimate of drug-likeness (QED) is 0.426. The van der Waals surface area contributed by atoms with Crippen molar-refractivity contribution < 1.29 is 34.6 Å². The van der Waals surface area contributed by atoms with Gasteiger partial charge in [-0.1, -0.05) is 0 Å². The van der Waals surface area contributed by atoms with Crippen molar-refractivity contribution in [2.24, 2.45) is 0 Å². The molecule has 0 radical (unpaired) electrons. The number of aromatic amines is 1.